The highest BCUT2D eigenvalue weighted by Gasteiger charge is 2.13. The van der Waals surface area contributed by atoms with Gasteiger partial charge in [-0.05, 0) is 35.6 Å². The van der Waals surface area contributed by atoms with E-state index in [0.717, 1.165) is 17.0 Å². The van der Waals surface area contributed by atoms with E-state index in [4.69, 9.17) is 11.6 Å². The van der Waals surface area contributed by atoms with E-state index in [1.54, 1.807) is 12.4 Å². The summed E-state index contributed by atoms with van der Waals surface area (Å²) in [5, 5.41) is 2.03. The Balaban J connectivity index is 1.87. The molecule has 19 heavy (non-hydrogen) atoms. The average molecular weight is 353 g/mol. The predicted octanol–water partition coefficient (Wildman–Crippen LogP) is 5.63. The molecular formula is C15H11BrClNS. The first-order valence-electron chi connectivity index (χ1n) is 5.95. The van der Waals surface area contributed by atoms with Gasteiger partial charge in [0.25, 0.3) is 0 Å². The quantitative estimate of drug-likeness (QED) is 0.557. The van der Waals surface area contributed by atoms with Crippen LogP contribution in [0.2, 0.25) is 5.02 Å². The van der Waals surface area contributed by atoms with Crippen molar-refractivity contribution in [3.8, 4) is 0 Å². The number of pyridine rings is 1. The zero-order chi connectivity index (χ0) is 13.2. The molecule has 0 fully saturated rings. The van der Waals surface area contributed by atoms with E-state index >= 15 is 0 Å². The second-order valence-electron chi connectivity index (χ2n) is 4.33. The maximum absolute atomic E-state index is 6.15. The lowest BCUT2D eigenvalue weighted by Gasteiger charge is -2.08. The highest BCUT2D eigenvalue weighted by atomic mass is 79.9. The summed E-state index contributed by atoms with van der Waals surface area (Å²) in [5.41, 5.74) is 1.12. The Morgan fingerprint density at radius 2 is 2.11 bits per heavy atom. The zero-order valence-electron chi connectivity index (χ0n) is 10.0. The number of hydrogen-bond acceptors (Lipinski definition) is 2. The number of benzene rings is 1. The van der Waals surface area contributed by atoms with Gasteiger partial charge in [0.1, 0.15) is 0 Å². The van der Waals surface area contributed by atoms with Crippen LogP contribution in [0.5, 0.6) is 0 Å². The van der Waals surface area contributed by atoms with Crippen molar-refractivity contribution in [1.29, 1.82) is 0 Å². The maximum atomic E-state index is 6.15. The first kappa shape index (κ1) is 13.1. The minimum absolute atomic E-state index is 0.282. The van der Waals surface area contributed by atoms with Gasteiger partial charge in [0.2, 0.25) is 0 Å². The SMILES string of the molecule is Clc1cnccc1CC(Br)c1cc2ccccc2s1. The molecule has 0 spiro atoms. The highest BCUT2D eigenvalue weighted by Crippen LogP contribution is 2.36. The number of fused-ring (bicyclic) bond motifs is 1. The third kappa shape index (κ3) is 2.83. The monoisotopic (exact) mass is 351 g/mol. The molecular weight excluding hydrogens is 342 g/mol. The first-order valence-corrected chi connectivity index (χ1v) is 8.06. The van der Waals surface area contributed by atoms with E-state index in [1.165, 1.54) is 15.0 Å². The summed E-state index contributed by atoms with van der Waals surface area (Å²) in [4.78, 5) is 5.63. The Kier molecular flexibility index (Phi) is 3.87. The van der Waals surface area contributed by atoms with Crippen molar-refractivity contribution in [1.82, 2.24) is 4.98 Å². The molecule has 0 amide bonds. The number of rotatable bonds is 3. The van der Waals surface area contributed by atoms with Crippen molar-refractivity contribution in [3.05, 3.63) is 64.3 Å². The van der Waals surface area contributed by atoms with Crippen LogP contribution < -0.4 is 0 Å². The fraction of sp³-hybridized carbons (Fsp3) is 0.133. The fourth-order valence-corrected chi connectivity index (χ4v) is 4.02. The summed E-state index contributed by atoms with van der Waals surface area (Å²) >= 11 is 11.7. The van der Waals surface area contributed by atoms with Gasteiger partial charge in [0.05, 0.1) is 9.85 Å². The zero-order valence-corrected chi connectivity index (χ0v) is 13.2. The second kappa shape index (κ2) is 5.61. The van der Waals surface area contributed by atoms with Crippen molar-refractivity contribution < 1.29 is 0 Å². The molecule has 1 aromatic carbocycles. The number of thiophene rings is 1. The van der Waals surface area contributed by atoms with E-state index in [2.05, 4.69) is 51.2 Å². The summed E-state index contributed by atoms with van der Waals surface area (Å²) in [7, 11) is 0. The lowest BCUT2D eigenvalue weighted by molar-refractivity contribution is 0.965. The van der Waals surface area contributed by atoms with E-state index in [-0.39, 0.29) is 4.83 Å². The van der Waals surface area contributed by atoms with Crippen molar-refractivity contribution in [2.45, 2.75) is 11.2 Å². The van der Waals surface area contributed by atoms with Crippen molar-refractivity contribution in [2.24, 2.45) is 0 Å². The normalized spacial score (nSPS) is 12.7. The molecule has 3 aromatic rings. The summed E-state index contributed by atoms with van der Waals surface area (Å²) < 4.78 is 1.32. The van der Waals surface area contributed by atoms with Crippen LogP contribution in [-0.2, 0) is 6.42 Å². The number of halogens is 2. The van der Waals surface area contributed by atoms with Crippen molar-refractivity contribution >= 4 is 49.0 Å². The molecule has 1 atom stereocenters. The Bertz CT molecular complexity index is 677. The molecule has 0 aliphatic carbocycles. The molecule has 0 aliphatic rings. The summed E-state index contributed by atoms with van der Waals surface area (Å²) in [6.45, 7) is 0. The van der Waals surface area contributed by atoms with Gasteiger partial charge >= 0.3 is 0 Å². The summed E-state index contributed by atoms with van der Waals surface area (Å²) in [6.07, 6.45) is 4.35. The largest absolute Gasteiger partial charge is 0.263 e. The van der Waals surface area contributed by atoms with E-state index in [0.29, 0.717) is 0 Å². The standard InChI is InChI=1S/C15H11BrClNS/c16-12(7-10-5-6-18-9-13(10)17)15-8-11-3-1-2-4-14(11)19-15/h1-6,8-9,12H,7H2. The first-order chi connectivity index (χ1) is 9.24. The van der Waals surface area contributed by atoms with Gasteiger partial charge in [-0.15, -0.1) is 11.3 Å². The minimum atomic E-state index is 0.282. The van der Waals surface area contributed by atoms with Crippen LogP contribution in [0, 0.1) is 0 Å². The molecule has 0 bridgehead atoms. The summed E-state index contributed by atoms with van der Waals surface area (Å²) in [5.74, 6) is 0. The fourth-order valence-electron chi connectivity index (χ4n) is 2.02. The van der Waals surface area contributed by atoms with Crippen LogP contribution in [0.3, 0.4) is 0 Å². The Morgan fingerprint density at radius 3 is 2.89 bits per heavy atom. The molecule has 96 valence electrons. The van der Waals surface area contributed by atoms with E-state index in [9.17, 15) is 0 Å². The molecule has 2 aromatic heterocycles. The van der Waals surface area contributed by atoms with Gasteiger partial charge in [0.15, 0.2) is 0 Å². The molecule has 0 aliphatic heterocycles. The summed E-state index contributed by atoms with van der Waals surface area (Å²) in [6, 6.07) is 12.7. The third-order valence-corrected chi connectivity index (χ3v) is 5.70. The predicted molar refractivity (Wildman–Crippen MR) is 86.4 cm³/mol. The molecule has 0 saturated carbocycles. The van der Waals surface area contributed by atoms with Crippen LogP contribution in [0.1, 0.15) is 15.3 Å². The van der Waals surface area contributed by atoms with Gasteiger partial charge in [0, 0.05) is 22.0 Å². The van der Waals surface area contributed by atoms with Gasteiger partial charge in [-0.3, -0.25) is 4.98 Å². The molecule has 1 unspecified atom stereocenters. The van der Waals surface area contributed by atoms with Crippen LogP contribution in [0.15, 0.2) is 48.8 Å². The van der Waals surface area contributed by atoms with Crippen molar-refractivity contribution in [3.63, 3.8) is 0 Å². The molecule has 0 radical (unpaired) electrons. The number of hydrogen-bond donors (Lipinski definition) is 0. The lowest BCUT2D eigenvalue weighted by Crippen LogP contribution is -1.94. The smallest absolute Gasteiger partial charge is 0.0621 e. The Morgan fingerprint density at radius 1 is 1.26 bits per heavy atom. The van der Waals surface area contributed by atoms with Crippen LogP contribution in [0.25, 0.3) is 10.1 Å². The minimum Gasteiger partial charge on any atom is -0.263 e. The van der Waals surface area contributed by atoms with Crippen LogP contribution >= 0.6 is 38.9 Å². The Labute approximate surface area is 129 Å². The van der Waals surface area contributed by atoms with Gasteiger partial charge in [-0.1, -0.05) is 45.7 Å². The average Bonchev–Trinajstić information content (AvgIpc) is 2.85. The van der Waals surface area contributed by atoms with E-state index < -0.39 is 0 Å². The number of nitrogens with zero attached hydrogens (tertiary/aromatic N) is 1. The van der Waals surface area contributed by atoms with Gasteiger partial charge in [-0.2, -0.15) is 0 Å². The van der Waals surface area contributed by atoms with Gasteiger partial charge in [-0.25, -0.2) is 0 Å². The number of aromatic nitrogens is 1. The van der Waals surface area contributed by atoms with Crippen LogP contribution in [-0.4, -0.2) is 4.98 Å². The molecule has 0 saturated heterocycles. The molecule has 2 heterocycles. The third-order valence-electron chi connectivity index (χ3n) is 3.01. The van der Waals surface area contributed by atoms with Crippen molar-refractivity contribution in [2.75, 3.05) is 0 Å². The molecule has 1 nitrogen and oxygen atoms in total. The van der Waals surface area contributed by atoms with Crippen LogP contribution in [0.4, 0.5) is 0 Å². The topological polar surface area (TPSA) is 12.9 Å². The highest BCUT2D eigenvalue weighted by molar-refractivity contribution is 9.09. The second-order valence-corrected chi connectivity index (χ2v) is 6.95. The molecule has 0 N–H and O–H groups in total. The van der Waals surface area contributed by atoms with Gasteiger partial charge < -0.3 is 0 Å². The van der Waals surface area contributed by atoms with E-state index in [1.807, 2.05) is 17.4 Å². The Hall–Kier alpha value is -0.900. The molecule has 4 heteroatoms. The maximum Gasteiger partial charge on any atom is 0.0621 e. The lowest BCUT2D eigenvalue weighted by atomic mass is 10.1. The molecule has 3 rings (SSSR count). The number of alkyl halides is 1.